The van der Waals surface area contributed by atoms with E-state index in [1.807, 2.05) is 12.1 Å². The number of aliphatic hydroxyl groups is 1. The van der Waals surface area contributed by atoms with E-state index in [4.69, 9.17) is 5.73 Å². The number of rotatable bonds is 3. The molecule has 2 aromatic heterocycles. The monoisotopic (exact) mass is 191 g/mol. The van der Waals surface area contributed by atoms with Crippen molar-refractivity contribution in [1.29, 1.82) is 0 Å². The van der Waals surface area contributed by atoms with Crippen molar-refractivity contribution in [2.24, 2.45) is 5.73 Å². The second-order valence-electron chi connectivity index (χ2n) is 3.24. The Morgan fingerprint density at radius 1 is 1.57 bits per heavy atom. The number of nitrogens with two attached hydrogens (primary N) is 1. The molecule has 1 atom stereocenters. The van der Waals surface area contributed by atoms with E-state index in [0.29, 0.717) is 13.0 Å². The SMILES string of the molecule is NCCC(O)c1c[nH]c2ncccc12. The molecule has 2 heterocycles. The predicted molar refractivity (Wildman–Crippen MR) is 54.7 cm³/mol. The van der Waals surface area contributed by atoms with E-state index < -0.39 is 6.10 Å². The largest absolute Gasteiger partial charge is 0.388 e. The van der Waals surface area contributed by atoms with Gasteiger partial charge in [-0.15, -0.1) is 0 Å². The zero-order valence-electron chi connectivity index (χ0n) is 7.77. The van der Waals surface area contributed by atoms with Gasteiger partial charge in [0.05, 0.1) is 6.10 Å². The third kappa shape index (κ3) is 1.49. The summed E-state index contributed by atoms with van der Waals surface area (Å²) in [4.78, 5) is 7.16. The van der Waals surface area contributed by atoms with Crippen molar-refractivity contribution in [2.45, 2.75) is 12.5 Å². The first-order valence-corrected chi connectivity index (χ1v) is 4.63. The maximum absolute atomic E-state index is 9.78. The molecule has 2 aromatic rings. The fourth-order valence-electron chi connectivity index (χ4n) is 1.57. The lowest BCUT2D eigenvalue weighted by Gasteiger charge is -2.06. The first kappa shape index (κ1) is 9.18. The number of hydrogen-bond donors (Lipinski definition) is 3. The molecule has 0 saturated heterocycles. The third-order valence-electron chi connectivity index (χ3n) is 2.28. The Balaban J connectivity index is 2.42. The molecule has 4 nitrogen and oxygen atoms in total. The summed E-state index contributed by atoms with van der Waals surface area (Å²) in [6, 6.07) is 3.79. The Hall–Kier alpha value is -1.39. The molecular weight excluding hydrogens is 178 g/mol. The van der Waals surface area contributed by atoms with Gasteiger partial charge < -0.3 is 15.8 Å². The van der Waals surface area contributed by atoms with Gasteiger partial charge in [-0.05, 0) is 25.1 Å². The van der Waals surface area contributed by atoms with Crippen LogP contribution in [0.25, 0.3) is 11.0 Å². The molecule has 2 rings (SSSR count). The van der Waals surface area contributed by atoms with Crippen LogP contribution in [0, 0.1) is 0 Å². The number of fused-ring (bicyclic) bond motifs is 1. The predicted octanol–water partition coefficient (Wildman–Crippen LogP) is 0.945. The number of pyridine rings is 1. The Labute approximate surface area is 81.8 Å². The number of aromatic nitrogens is 2. The van der Waals surface area contributed by atoms with Crippen LogP contribution in [0.1, 0.15) is 18.1 Å². The molecule has 0 saturated carbocycles. The Kier molecular flexibility index (Phi) is 2.47. The van der Waals surface area contributed by atoms with Crippen molar-refractivity contribution in [3.8, 4) is 0 Å². The molecule has 0 amide bonds. The average molecular weight is 191 g/mol. The van der Waals surface area contributed by atoms with Gasteiger partial charge in [-0.25, -0.2) is 4.98 Å². The summed E-state index contributed by atoms with van der Waals surface area (Å²) in [5, 5.41) is 10.7. The summed E-state index contributed by atoms with van der Waals surface area (Å²) >= 11 is 0. The number of aromatic amines is 1. The van der Waals surface area contributed by atoms with Crippen molar-refractivity contribution in [1.82, 2.24) is 9.97 Å². The summed E-state index contributed by atoms with van der Waals surface area (Å²) < 4.78 is 0. The second kappa shape index (κ2) is 3.77. The van der Waals surface area contributed by atoms with Crippen molar-refractivity contribution in [2.75, 3.05) is 6.54 Å². The number of nitrogens with zero attached hydrogens (tertiary/aromatic N) is 1. The van der Waals surface area contributed by atoms with Crippen LogP contribution >= 0.6 is 0 Å². The van der Waals surface area contributed by atoms with E-state index >= 15 is 0 Å². The average Bonchev–Trinajstić information content (AvgIpc) is 2.61. The van der Waals surface area contributed by atoms with Gasteiger partial charge in [-0.3, -0.25) is 0 Å². The van der Waals surface area contributed by atoms with E-state index in [1.54, 1.807) is 12.4 Å². The Bertz CT molecular complexity index is 424. The molecule has 0 aromatic carbocycles. The summed E-state index contributed by atoms with van der Waals surface area (Å²) in [7, 11) is 0. The third-order valence-corrected chi connectivity index (χ3v) is 2.28. The molecular formula is C10H13N3O. The maximum atomic E-state index is 9.78. The summed E-state index contributed by atoms with van der Waals surface area (Å²) in [6.07, 6.45) is 3.58. The second-order valence-corrected chi connectivity index (χ2v) is 3.24. The van der Waals surface area contributed by atoms with Crippen LogP contribution < -0.4 is 5.73 Å². The number of nitrogens with one attached hydrogen (secondary N) is 1. The highest BCUT2D eigenvalue weighted by atomic mass is 16.3. The molecule has 0 spiro atoms. The zero-order chi connectivity index (χ0) is 9.97. The molecule has 4 N–H and O–H groups in total. The number of H-pyrrole nitrogens is 1. The summed E-state index contributed by atoms with van der Waals surface area (Å²) in [6.45, 7) is 0.480. The van der Waals surface area contributed by atoms with Gasteiger partial charge in [-0.2, -0.15) is 0 Å². The van der Waals surface area contributed by atoms with Gasteiger partial charge in [0.2, 0.25) is 0 Å². The minimum absolute atomic E-state index is 0.480. The lowest BCUT2D eigenvalue weighted by molar-refractivity contribution is 0.172. The highest BCUT2D eigenvalue weighted by Crippen LogP contribution is 2.24. The molecule has 0 fully saturated rings. The van der Waals surface area contributed by atoms with Gasteiger partial charge in [0.25, 0.3) is 0 Å². The Morgan fingerprint density at radius 3 is 3.21 bits per heavy atom. The van der Waals surface area contributed by atoms with E-state index in [-0.39, 0.29) is 0 Å². The van der Waals surface area contributed by atoms with Gasteiger partial charge >= 0.3 is 0 Å². The molecule has 0 aliphatic carbocycles. The van der Waals surface area contributed by atoms with E-state index in [1.165, 1.54) is 0 Å². The lowest BCUT2D eigenvalue weighted by Crippen LogP contribution is -2.06. The van der Waals surface area contributed by atoms with Crippen LogP contribution in [0.4, 0.5) is 0 Å². The standard InChI is InChI=1S/C10H13N3O/c11-4-3-9(14)8-6-13-10-7(8)2-1-5-12-10/h1-2,5-6,9,14H,3-4,11H2,(H,12,13). The molecule has 0 bridgehead atoms. The fraction of sp³-hybridized carbons (Fsp3) is 0.300. The van der Waals surface area contributed by atoms with Crippen LogP contribution in [0.3, 0.4) is 0 Å². The smallest absolute Gasteiger partial charge is 0.137 e. The van der Waals surface area contributed by atoms with E-state index in [9.17, 15) is 5.11 Å². The molecule has 0 aliphatic heterocycles. The number of aliphatic hydroxyl groups excluding tert-OH is 1. The molecule has 0 aliphatic rings. The molecule has 0 radical (unpaired) electrons. The van der Waals surface area contributed by atoms with Crippen molar-refractivity contribution >= 4 is 11.0 Å². The van der Waals surface area contributed by atoms with Gasteiger partial charge in [0, 0.05) is 23.3 Å². The van der Waals surface area contributed by atoms with Crippen LogP contribution in [0.15, 0.2) is 24.5 Å². The minimum Gasteiger partial charge on any atom is -0.388 e. The molecule has 4 heteroatoms. The first-order valence-electron chi connectivity index (χ1n) is 4.63. The quantitative estimate of drug-likeness (QED) is 0.676. The molecule has 74 valence electrons. The highest BCUT2D eigenvalue weighted by Gasteiger charge is 2.11. The molecule has 14 heavy (non-hydrogen) atoms. The maximum Gasteiger partial charge on any atom is 0.137 e. The van der Waals surface area contributed by atoms with Gasteiger partial charge in [0.1, 0.15) is 5.65 Å². The van der Waals surface area contributed by atoms with Gasteiger partial charge in [0.15, 0.2) is 0 Å². The zero-order valence-corrected chi connectivity index (χ0v) is 7.77. The van der Waals surface area contributed by atoms with Crippen LogP contribution in [0.2, 0.25) is 0 Å². The van der Waals surface area contributed by atoms with Crippen molar-refractivity contribution in [3.05, 3.63) is 30.1 Å². The van der Waals surface area contributed by atoms with E-state index in [0.717, 1.165) is 16.6 Å². The van der Waals surface area contributed by atoms with Crippen LogP contribution in [0.5, 0.6) is 0 Å². The van der Waals surface area contributed by atoms with Crippen molar-refractivity contribution < 1.29 is 5.11 Å². The first-order chi connectivity index (χ1) is 6.83. The normalized spacial score (nSPS) is 13.3. The highest BCUT2D eigenvalue weighted by molar-refractivity contribution is 5.79. The number of hydrogen-bond acceptors (Lipinski definition) is 3. The van der Waals surface area contributed by atoms with Crippen LogP contribution in [-0.4, -0.2) is 21.6 Å². The summed E-state index contributed by atoms with van der Waals surface area (Å²) in [5.41, 5.74) is 7.07. The molecule has 1 unspecified atom stereocenters. The Morgan fingerprint density at radius 2 is 2.43 bits per heavy atom. The van der Waals surface area contributed by atoms with Crippen LogP contribution in [-0.2, 0) is 0 Å². The topological polar surface area (TPSA) is 74.9 Å². The lowest BCUT2D eigenvalue weighted by atomic mass is 10.1. The minimum atomic E-state index is -0.502. The summed E-state index contributed by atoms with van der Waals surface area (Å²) in [5.74, 6) is 0. The van der Waals surface area contributed by atoms with Gasteiger partial charge in [-0.1, -0.05) is 0 Å². The van der Waals surface area contributed by atoms with Crippen molar-refractivity contribution in [3.63, 3.8) is 0 Å². The fourth-order valence-corrected chi connectivity index (χ4v) is 1.57. The van der Waals surface area contributed by atoms with E-state index in [2.05, 4.69) is 9.97 Å².